The first kappa shape index (κ1) is 13.3. The van der Waals surface area contributed by atoms with Gasteiger partial charge in [0.2, 0.25) is 0 Å². The number of nitrogens with zero attached hydrogens (tertiary/aromatic N) is 1. The molecule has 0 saturated heterocycles. The van der Waals surface area contributed by atoms with Crippen LogP contribution < -0.4 is 4.74 Å². The molecule has 0 atom stereocenters. The maximum Gasteiger partial charge on any atom is 0.282 e. The van der Waals surface area contributed by atoms with Gasteiger partial charge in [0.1, 0.15) is 5.75 Å². The van der Waals surface area contributed by atoms with E-state index >= 15 is 0 Å². The summed E-state index contributed by atoms with van der Waals surface area (Å²) in [6.45, 7) is 3.12. The van der Waals surface area contributed by atoms with E-state index in [1.54, 1.807) is 37.4 Å². The summed E-state index contributed by atoms with van der Waals surface area (Å²) in [5.74, 6) is 0.606. The average Bonchev–Trinajstić information content (AvgIpc) is 2.47. The summed E-state index contributed by atoms with van der Waals surface area (Å²) in [5, 5.41) is 0. The van der Waals surface area contributed by atoms with Crippen LogP contribution in [0.15, 0.2) is 57.8 Å². The van der Waals surface area contributed by atoms with Crippen LogP contribution in [-0.2, 0) is 10.0 Å². The summed E-state index contributed by atoms with van der Waals surface area (Å²) < 4.78 is 32.3. The molecule has 0 aliphatic heterocycles. The quantitative estimate of drug-likeness (QED) is 0.806. The molecule has 2 aromatic rings. The lowest BCUT2D eigenvalue weighted by molar-refractivity contribution is 0.416. The van der Waals surface area contributed by atoms with E-state index < -0.39 is 10.0 Å². The number of para-hydroxylation sites is 1. The minimum absolute atomic E-state index is 0.120. The van der Waals surface area contributed by atoms with Gasteiger partial charge in [0.05, 0.1) is 12.0 Å². The lowest BCUT2D eigenvalue weighted by Crippen LogP contribution is -1.99. The lowest BCUT2D eigenvalue weighted by atomic mass is 10.0. The van der Waals surface area contributed by atoms with Crippen LogP contribution in [-0.4, -0.2) is 22.2 Å². The fourth-order valence-corrected chi connectivity index (χ4v) is 2.70. The Hall–Kier alpha value is -2.14. The predicted molar refractivity (Wildman–Crippen MR) is 75.2 cm³/mol. The normalized spacial score (nSPS) is 11.0. The summed E-state index contributed by atoms with van der Waals surface area (Å²) in [7, 11) is -2.20. The maximum atomic E-state index is 11.9. The fourth-order valence-electron chi connectivity index (χ4n) is 1.85. The topological polar surface area (TPSA) is 55.7 Å². The summed E-state index contributed by atoms with van der Waals surface area (Å²) in [5.41, 5.74) is 1.25. The molecule has 0 radical (unpaired) electrons. The van der Waals surface area contributed by atoms with E-state index in [-0.39, 0.29) is 4.90 Å². The van der Waals surface area contributed by atoms with Gasteiger partial charge in [-0.15, -0.1) is 0 Å². The lowest BCUT2D eigenvalue weighted by Gasteiger charge is -2.11. The Bertz CT molecular complexity index is 708. The van der Waals surface area contributed by atoms with Gasteiger partial charge in [-0.05, 0) is 12.1 Å². The number of methoxy groups -OCH3 is 1. The molecule has 0 heterocycles. The molecule has 5 heteroatoms. The first-order chi connectivity index (χ1) is 9.10. The Balaban J connectivity index is 2.74. The zero-order valence-electron chi connectivity index (χ0n) is 10.4. The standard InChI is InChI=1S/C14H13NO3S/c1-15-19(16,17)14-10-6-4-8-12(14)11-7-3-5-9-13(11)18-2/h3-10H,1H2,2H3. The van der Waals surface area contributed by atoms with Gasteiger partial charge in [0.25, 0.3) is 10.0 Å². The van der Waals surface area contributed by atoms with E-state index in [1.165, 1.54) is 6.07 Å². The minimum atomic E-state index is -3.74. The number of ether oxygens (including phenoxy) is 1. The van der Waals surface area contributed by atoms with E-state index in [2.05, 4.69) is 11.1 Å². The summed E-state index contributed by atoms with van der Waals surface area (Å²) >= 11 is 0. The van der Waals surface area contributed by atoms with Crippen LogP contribution in [0.3, 0.4) is 0 Å². The van der Waals surface area contributed by atoms with Crippen LogP contribution in [0.25, 0.3) is 11.1 Å². The smallest absolute Gasteiger partial charge is 0.282 e. The second kappa shape index (κ2) is 5.24. The maximum absolute atomic E-state index is 11.9. The molecular formula is C14H13NO3S. The molecule has 0 fully saturated rings. The summed E-state index contributed by atoms with van der Waals surface area (Å²) in [4.78, 5) is 0.120. The number of benzene rings is 2. The number of rotatable bonds is 4. The molecule has 0 spiro atoms. The summed E-state index contributed by atoms with van der Waals surface area (Å²) in [6.07, 6.45) is 0. The third-order valence-corrected chi connectivity index (χ3v) is 3.98. The van der Waals surface area contributed by atoms with Gasteiger partial charge < -0.3 is 4.74 Å². The van der Waals surface area contributed by atoms with Gasteiger partial charge in [-0.1, -0.05) is 36.4 Å². The van der Waals surface area contributed by atoms with Crippen LogP contribution in [0, 0.1) is 0 Å². The van der Waals surface area contributed by atoms with E-state index in [1.807, 2.05) is 12.1 Å². The Morgan fingerprint density at radius 1 is 1.00 bits per heavy atom. The Morgan fingerprint density at radius 2 is 1.58 bits per heavy atom. The van der Waals surface area contributed by atoms with E-state index in [4.69, 9.17) is 4.74 Å². The largest absolute Gasteiger partial charge is 0.496 e. The molecule has 19 heavy (non-hydrogen) atoms. The SMILES string of the molecule is C=NS(=O)(=O)c1ccccc1-c1ccccc1OC. The molecule has 2 aromatic carbocycles. The molecule has 0 aromatic heterocycles. The third kappa shape index (κ3) is 2.51. The highest BCUT2D eigenvalue weighted by Gasteiger charge is 2.18. The fraction of sp³-hybridized carbons (Fsp3) is 0.0714. The van der Waals surface area contributed by atoms with Crippen molar-refractivity contribution in [2.45, 2.75) is 4.90 Å². The number of hydrogen-bond acceptors (Lipinski definition) is 3. The van der Waals surface area contributed by atoms with Gasteiger partial charge in [-0.25, -0.2) is 0 Å². The second-order valence-electron chi connectivity index (χ2n) is 3.80. The van der Waals surface area contributed by atoms with Crippen molar-refractivity contribution in [2.75, 3.05) is 7.11 Å². The molecular weight excluding hydrogens is 262 g/mol. The van der Waals surface area contributed by atoms with Crippen molar-refractivity contribution in [2.24, 2.45) is 4.40 Å². The van der Waals surface area contributed by atoms with Crippen LogP contribution in [0.1, 0.15) is 0 Å². The Morgan fingerprint density at radius 3 is 2.21 bits per heavy atom. The number of sulfonamides is 1. The van der Waals surface area contributed by atoms with Gasteiger partial charge in [0.15, 0.2) is 0 Å². The van der Waals surface area contributed by atoms with Gasteiger partial charge in [-0.3, -0.25) is 0 Å². The van der Waals surface area contributed by atoms with Crippen molar-refractivity contribution in [3.05, 3.63) is 48.5 Å². The van der Waals surface area contributed by atoms with Crippen molar-refractivity contribution >= 4 is 16.7 Å². The highest BCUT2D eigenvalue weighted by molar-refractivity contribution is 7.90. The van der Waals surface area contributed by atoms with E-state index in [0.717, 1.165) is 0 Å². The average molecular weight is 275 g/mol. The molecule has 2 rings (SSSR count). The Kier molecular flexibility index (Phi) is 3.66. The zero-order valence-corrected chi connectivity index (χ0v) is 11.2. The van der Waals surface area contributed by atoms with Gasteiger partial charge >= 0.3 is 0 Å². The van der Waals surface area contributed by atoms with E-state index in [9.17, 15) is 8.42 Å². The summed E-state index contributed by atoms with van der Waals surface area (Å²) in [6, 6.07) is 13.9. The van der Waals surface area contributed by atoms with Crippen LogP contribution in [0.4, 0.5) is 0 Å². The monoisotopic (exact) mass is 275 g/mol. The predicted octanol–water partition coefficient (Wildman–Crippen LogP) is 2.75. The molecule has 0 N–H and O–H groups in total. The second-order valence-corrected chi connectivity index (χ2v) is 5.45. The van der Waals surface area contributed by atoms with Crippen molar-refractivity contribution < 1.29 is 13.2 Å². The molecule has 0 amide bonds. The highest BCUT2D eigenvalue weighted by Crippen LogP contribution is 2.34. The molecule has 0 unspecified atom stereocenters. The van der Waals surface area contributed by atoms with Gasteiger partial charge in [-0.2, -0.15) is 12.8 Å². The molecule has 0 bridgehead atoms. The Labute approximate surface area is 112 Å². The van der Waals surface area contributed by atoms with Gasteiger partial charge in [0, 0.05) is 17.8 Å². The van der Waals surface area contributed by atoms with Crippen molar-refractivity contribution in [1.29, 1.82) is 0 Å². The van der Waals surface area contributed by atoms with Crippen LogP contribution >= 0.6 is 0 Å². The first-order valence-corrected chi connectivity index (χ1v) is 6.99. The highest BCUT2D eigenvalue weighted by atomic mass is 32.2. The van der Waals surface area contributed by atoms with Crippen molar-refractivity contribution in [3.8, 4) is 16.9 Å². The van der Waals surface area contributed by atoms with Crippen molar-refractivity contribution in [3.63, 3.8) is 0 Å². The number of hydrogen-bond donors (Lipinski definition) is 0. The minimum Gasteiger partial charge on any atom is -0.496 e. The molecule has 4 nitrogen and oxygen atoms in total. The molecule has 0 saturated carbocycles. The van der Waals surface area contributed by atoms with Crippen LogP contribution in [0.2, 0.25) is 0 Å². The molecule has 0 aliphatic rings. The zero-order chi connectivity index (χ0) is 13.9. The first-order valence-electron chi connectivity index (χ1n) is 5.55. The molecule has 98 valence electrons. The third-order valence-electron chi connectivity index (χ3n) is 2.73. The molecule has 0 aliphatic carbocycles. The van der Waals surface area contributed by atoms with E-state index in [0.29, 0.717) is 16.9 Å². The van der Waals surface area contributed by atoms with Crippen LogP contribution in [0.5, 0.6) is 5.75 Å². The van der Waals surface area contributed by atoms with Crippen molar-refractivity contribution in [1.82, 2.24) is 0 Å².